The number of anilines is 1. The summed E-state index contributed by atoms with van der Waals surface area (Å²) in [6, 6.07) is 0.335. The topological polar surface area (TPSA) is 45.4 Å². The van der Waals surface area contributed by atoms with Crippen LogP contribution < -0.4 is 10.6 Å². The van der Waals surface area contributed by atoms with Gasteiger partial charge in [-0.2, -0.15) is 0 Å². The van der Waals surface area contributed by atoms with E-state index < -0.39 is 0 Å². The summed E-state index contributed by atoms with van der Waals surface area (Å²) in [5, 5.41) is 3.21. The molecule has 2 heterocycles. The standard InChI is InChI=1S/C13H24N4S/c1-11(2)12(14)3-5-16-6-8-17(9-7-16)13-15-4-10-18-13/h4,10-12H,3,5-9,14H2,1-2H3. The fourth-order valence-electron chi connectivity index (χ4n) is 2.20. The Morgan fingerprint density at radius 2 is 2.06 bits per heavy atom. The van der Waals surface area contributed by atoms with E-state index in [9.17, 15) is 0 Å². The van der Waals surface area contributed by atoms with Gasteiger partial charge in [0.25, 0.3) is 0 Å². The number of nitrogens with two attached hydrogens (primary N) is 1. The first-order valence-electron chi connectivity index (χ1n) is 6.79. The minimum atomic E-state index is 0.335. The van der Waals surface area contributed by atoms with Gasteiger partial charge in [-0.3, -0.25) is 4.90 Å². The van der Waals surface area contributed by atoms with Crippen LogP contribution in [0.3, 0.4) is 0 Å². The Balaban J connectivity index is 1.70. The quantitative estimate of drug-likeness (QED) is 0.882. The van der Waals surface area contributed by atoms with Crippen molar-refractivity contribution >= 4 is 16.5 Å². The van der Waals surface area contributed by atoms with Crippen molar-refractivity contribution < 1.29 is 0 Å². The Bertz CT molecular complexity index is 331. The number of thiazole rings is 1. The molecule has 5 heteroatoms. The van der Waals surface area contributed by atoms with Gasteiger partial charge >= 0.3 is 0 Å². The highest BCUT2D eigenvalue weighted by atomic mass is 32.1. The molecule has 1 aromatic heterocycles. The lowest BCUT2D eigenvalue weighted by molar-refractivity contribution is 0.241. The minimum Gasteiger partial charge on any atom is -0.346 e. The second-order valence-electron chi connectivity index (χ2n) is 5.34. The first kappa shape index (κ1) is 13.8. The van der Waals surface area contributed by atoms with E-state index >= 15 is 0 Å². The van der Waals surface area contributed by atoms with Gasteiger partial charge in [0.05, 0.1) is 0 Å². The average Bonchev–Trinajstić information content (AvgIpc) is 2.90. The molecule has 0 spiro atoms. The van der Waals surface area contributed by atoms with Gasteiger partial charge in [0, 0.05) is 43.8 Å². The maximum absolute atomic E-state index is 6.09. The summed E-state index contributed by atoms with van der Waals surface area (Å²) >= 11 is 1.73. The van der Waals surface area contributed by atoms with Crippen molar-refractivity contribution in [3.8, 4) is 0 Å². The Hall–Kier alpha value is -0.650. The Morgan fingerprint density at radius 3 is 2.61 bits per heavy atom. The molecule has 0 amide bonds. The van der Waals surface area contributed by atoms with Crippen LogP contribution >= 0.6 is 11.3 Å². The number of nitrogens with zero attached hydrogens (tertiary/aromatic N) is 3. The second kappa shape index (κ2) is 6.50. The molecule has 1 saturated heterocycles. The molecule has 1 fully saturated rings. The average molecular weight is 268 g/mol. The second-order valence-corrected chi connectivity index (χ2v) is 6.21. The van der Waals surface area contributed by atoms with Crippen LogP contribution in [0.5, 0.6) is 0 Å². The number of hydrogen-bond donors (Lipinski definition) is 1. The molecule has 2 N–H and O–H groups in total. The van der Waals surface area contributed by atoms with Crippen molar-refractivity contribution in [2.45, 2.75) is 26.3 Å². The zero-order chi connectivity index (χ0) is 13.0. The SMILES string of the molecule is CC(C)C(N)CCN1CCN(c2nccs2)CC1. The zero-order valence-corrected chi connectivity index (χ0v) is 12.2. The molecule has 0 saturated carbocycles. The molecule has 1 aliphatic rings. The highest BCUT2D eigenvalue weighted by Crippen LogP contribution is 2.19. The molecule has 1 aliphatic heterocycles. The highest BCUT2D eigenvalue weighted by Gasteiger charge is 2.19. The third-order valence-electron chi connectivity index (χ3n) is 3.70. The van der Waals surface area contributed by atoms with Crippen LogP contribution in [0.1, 0.15) is 20.3 Å². The van der Waals surface area contributed by atoms with Crippen LogP contribution in [0.15, 0.2) is 11.6 Å². The van der Waals surface area contributed by atoms with Crippen molar-refractivity contribution in [1.29, 1.82) is 0 Å². The highest BCUT2D eigenvalue weighted by molar-refractivity contribution is 7.13. The molecule has 0 aromatic carbocycles. The summed E-state index contributed by atoms with van der Waals surface area (Å²) in [6.45, 7) is 9.96. The van der Waals surface area contributed by atoms with Crippen molar-refractivity contribution in [1.82, 2.24) is 9.88 Å². The van der Waals surface area contributed by atoms with Gasteiger partial charge in [-0.1, -0.05) is 13.8 Å². The van der Waals surface area contributed by atoms with Gasteiger partial charge in [-0.15, -0.1) is 11.3 Å². The van der Waals surface area contributed by atoms with E-state index in [1.807, 2.05) is 11.6 Å². The zero-order valence-electron chi connectivity index (χ0n) is 11.4. The van der Waals surface area contributed by atoms with Gasteiger partial charge in [0.2, 0.25) is 0 Å². The van der Waals surface area contributed by atoms with Gasteiger partial charge < -0.3 is 10.6 Å². The third-order valence-corrected chi connectivity index (χ3v) is 4.53. The summed E-state index contributed by atoms with van der Waals surface area (Å²) in [4.78, 5) is 9.27. The maximum atomic E-state index is 6.09. The normalized spacial score (nSPS) is 19.4. The predicted molar refractivity (Wildman–Crippen MR) is 78.2 cm³/mol. The monoisotopic (exact) mass is 268 g/mol. The van der Waals surface area contributed by atoms with E-state index in [1.165, 1.54) is 0 Å². The molecule has 102 valence electrons. The van der Waals surface area contributed by atoms with Crippen molar-refractivity contribution in [3.05, 3.63) is 11.6 Å². The van der Waals surface area contributed by atoms with Crippen LogP contribution in [0.2, 0.25) is 0 Å². The summed E-state index contributed by atoms with van der Waals surface area (Å²) in [5.41, 5.74) is 6.09. The lowest BCUT2D eigenvalue weighted by Gasteiger charge is -2.35. The van der Waals surface area contributed by atoms with E-state index in [0.29, 0.717) is 12.0 Å². The van der Waals surface area contributed by atoms with Crippen LogP contribution in [0.4, 0.5) is 5.13 Å². The predicted octanol–water partition coefficient (Wildman–Crippen LogP) is 1.64. The molecule has 1 atom stereocenters. The van der Waals surface area contributed by atoms with Crippen molar-refractivity contribution in [2.24, 2.45) is 11.7 Å². The first-order chi connectivity index (χ1) is 8.66. The summed E-state index contributed by atoms with van der Waals surface area (Å²) in [7, 11) is 0. The van der Waals surface area contributed by atoms with E-state index in [1.54, 1.807) is 11.3 Å². The van der Waals surface area contributed by atoms with E-state index in [2.05, 4.69) is 28.6 Å². The van der Waals surface area contributed by atoms with E-state index in [4.69, 9.17) is 5.73 Å². The van der Waals surface area contributed by atoms with Crippen LogP contribution in [0.25, 0.3) is 0 Å². The molecule has 2 rings (SSSR count). The number of rotatable bonds is 5. The van der Waals surface area contributed by atoms with Gasteiger partial charge in [-0.05, 0) is 18.9 Å². The molecule has 1 unspecified atom stereocenters. The van der Waals surface area contributed by atoms with Gasteiger partial charge in [0.15, 0.2) is 5.13 Å². The fraction of sp³-hybridized carbons (Fsp3) is 0.769. The Labute approximate surface area is 114 Å². The van der Waals surface area contributed by atoms with Gasteiger partial charge in [-0.25, -0.2) is 4.98 Å². The third kappa shape index (κ3) is 3.67. The molecule has 4 nitrogen and oxygen atoms in total. The fourth-order valence-corrected chi connectivity index (χ4v) is 2.90. The smallest absolute Gasteiger partial charge is 0.185 e. The molecular weight excluding hydrogens is 244 g/mol. The number of piperazine rings is 1. The Morgan fingerprint density at radius 1 is 1.33 bits per heavy atom. The molecule has 0 aliphatic carbocycles. The van der Waals surface area contributed by atoms with E-state index in [0.717, 1.165) is 44.3 Å². The summed E-state index contributed by atoms with van der Waals surface area (Å²) < 4.78 is 0. The maximum Gasteiger partial charge on any atom is 0.185 e. The van der Waals surface area contributed by atoms with Crippen molar-refractivity contribution in [2.75, 3.05) is 37.6 Å². The lowest BCUT2D eigenvalue weighted by atomic mass is 10.0. The van der Waals surface area contributed by atoms with Crippen molar-refractivity contribution in [3.63, 3.8) is 0 Å². The molecular formula is C13H24N4S. The Kier molecular flexibility index (Phi) is 4.97. The van der Waals surface area contributed by atoms with E-state index in [-0.39, 0.29) is 0 Å². The lowest BCUT2D eigenvalue weighted by Crippen LogP contribution is -2.47. The minimum absolute atomic E-state index is 0.335. The molecule has 18 heavy (non-hydrogen) atoms. The molecule has 0 radical (unpaired) electrons. The molecule has 1 aromatic rings. The number of hydrogen-bond acceptors (Lipinski definition) is 5. The number of aromatic nitrogens is 1. The molecule has 0 bridgehead atoms. The first-order valence-corrected chi connectivity index (χ1v) is 7.67. The van der Waals surface area contributed by atoms with Gasteiger partial charge in [0.1, 0.15) is 0 Å². The van der Waals surface area contributed by atoms with Crippen LogP contribution in [-0.2, 0) is 0 Å². The summed E-state index contributed by atoms with van der Waals surface area (Å²) in [5.74, 6) is 0.585. The van der Waals surface area contributed by atoms with Crippen LogP contribution in [-0.4, -0.2) is 48.6 Å². The van der Waals surface area contributed by atoms with Crippen LogP contribution in [0, 0.1) is 5.92 Å². The largest absolute Gasteiger partial charge is 0.346 e. The summed E-state index contributed by atoms with van der Waals surface area (Å²) in [6.07, 6.45) is 2.99.